The number of aliphatic carboxylic acids is 1. The Hall–Kier alpha value is -0.710. The van der Waals surface area contributed by atoms with Crippen molar-refractivity contribution in [3.05, 3.63) is 0 Å². The molecule has 0 aromatic heterocycles. The van der Waals surface area contributed by atoms with E-state index in [0.717, 1.165) is 4.31 Å². The van der Waals surface area contributed by atoms with Crippen LogP contribution in [0.1, 0.15) is 12.8 Å². The molecule has 8 nitrogen and oxygen atoms in total. The lowest BCUT2D eigenvalue weighted by molar-refractivity contribution is -0.142. The van der Waals surface area contributed by atoms with Crippen molar-refractivity contribution < 1.29 is 26.7 Å². The number of rotatable bonds is 3. The van der Waals surface area contributed by atoms with Gasteiger partial charge in [0.25, 0.3) is 0 Å². The van der Waals surface area contributed by atoms with E-state index in [1.54, 1.807) is 0 Å². The van der Waals surface area contributed by atoms with Crippen molar-refractivity contribution in [1.82, 2.24) is 4.31 Å². The van der Waals surface area contributed by atoms with E-state index in [9.17, 15) is 21.6 Å². The molecule has 2 atom stereocenters. The summed E-state index contributed by atoms with van der Waals surface area (Å²) in [7, 11) is -7.11. The Balaban J connectivity index is 2.17. The molecule has 0 radical (unpaired) electrons. The Morgan fingerprint density at radius 1 is 1.42 bits per heavy atom. The van der Waals surface area contributed by atoms with Crippen molar-refractivity contribution in [1.29, 1.82) is 0 Å². The molecule has 0 bridgehead atoms. The summed E-state index contributed by atoms with van der Waals surface area (Å²) in [5, 5.41) is 7.98. The van der Waals surface area contributed by atoms with Crippen molar-refractivity contribution >= 4 is 25.8 Å². The minimum absolute atomic E-state index is 0.0156. The van der Waals surface area contributed by atoms with Gasteiger partial charge in [0.15, 0.2) is 9.84 Å². The van der Waals surface area contributed by atoms with Crippen LogP contribution >= 0.6 is 0 Å². The summed E-state index contributed by atoms with van der Waals surface area (Å²) in [5.74, 6) is -1.78. The number of carboxylic acid groups (broad SMARTS) is 1. The van der Waals surface area contributed by atoms with Crippen LogP contribution in [0.4, 0.5) is 0 Å². The van der Waals surface area contributed by atoms with Crippen LogP contribution in [0.25, 0.3) is 0 Å². The predicted molar refractivity (Wildman–Crippen MR) is 66.7 cm³/mol. The molecule has 2 fully saturated rings. The zero-order valence-electron chi connectivity index (χ0n) is 10.1. The predicted octanol–water partition coefficient (Wildman–Crippen LogP) is -2.01. The fraction of sp³-hybridized carbons (Fsp3) is 0.889. The van der Waals surface area contributed by atoms with Crippen LogP contribution in [-0.2, 0) is 24.7 Å². The van der Waals surface area contributed by atoms with Gasteiger partial charge in [-0.3, -0.25) is 4.79 Å². The van der Waals surface area contributed by atoms with Crippen LogP contribution in [0.2, 0.25) is 0 Å². The van der Waals surface area contributed by atoms with Gasteiger partial charge < -0.3 is 10.8 Å². The van der Waals surface area contributed by atoms with Crippen LogP contribution in [0, 0.1) is 0 Å². The third-order valence-electron chi connectivity index (χ3n) is 3.66. The average Bonchev–Trinajstić information content (AvgIpc) is 2.83. The first kappa shape index (κ1) is 14.7. The summed E-state index contributed by atoms with van der Waals surface area (Å²) < 4.78 is 48.2. The van der Waals surface area contributed by atoms with E-state index < -0.39 is 42.4 Å². The molecule has 0 aliphatic carbocycles. The highest BCUT2D eigenvalue weighted by Crippen LogP contribution is 2.28. The van der Waals surface area contributed by atoms with E-state index in [1.807, 2.05) is 0 Å². The highest BCUT2D eigenvalue weighted by Gasteiger charge is 2.49. The van der Waals surface area contributed by atoms with E-state index in [0.29, 0.717) is 0 Å². The molecule has 2 rings (SSSR count). The number of carbonyl (C=O) groups is 1. The van der Waals surface area contributed by atoms with Gasteiger partial charge in [-0.15, -0.1) is 0 Å². The van der Waals surface area contributed by atoms with Gasteiger partial charge in [0.05, 0.1) is 16.8 Å². The Morgan fingerprint density at radius 3 is 2.47 bits per heavy atom. The number of nitrogens with zero attached hydrogens (tertiary/aromatic N) is 1. The fourth-order valence-corrected chi connectivity index (χ4v) is 6.99. The first-order valence-corrected chi connectivity index (χ1v) is 9.11. The van der Waals surface area contributed by atoms with Crippen LogP contribution in [0.3, 0.4) is 0 Å². The molecule has 2 saturated heterocycles. The van der Waals surface area contributed by atoms with Gasteiger partial charge in [-0.05, 0) is 12.8 Å². The van der Waals surface area contributed by atoms with E-state index in [2.05, 4.69) is 0 Å². The van der Waals surface area contributed by atoms with Crippen molar-refractivity contribution in [3.63, 3.8) is 0 Å². The van der Waals surface area contributed by atoms with Crippen molar-refractivity contribution in [2.24, 2.45) is 5.73 Å². The maximum atomic E-state index is 12.2. The summed E-state index contributed by atoms with van der Waals surface area (Å²) >= 11 is 0. The molecule has 2 aliphatic heterocycles. The van der Waals surface area contributed by atoms with E-state index >= 15 is 0 Å². The number of hydrogen-bond acceptors (Lipinski definition) is 6. The maximum absolute atomic E-state index is 12.2. The highest BCUT2D eigenvalue weighted by molar-refractivity contribution is 7.95. The van der Waals surface area contributed by atoms with Gasteiger partial charge in [0, 0.05) is 13.1 Å². The first-order chi connectivity index (χ1) is 8.57. The quantitative estimate of drug-likeness (QED) is 0.614. The number of carboxylic acids is 1. The Kier molecular flexibility index (Phi) is 3.40. The molecule has 110 valence electrons. The first-order valence-electron chi connectivity index (χ1n) is 5.78. The number of sulfonamides is 1. The topological polar surface area (TPSA) is 135 Å². The molecule has 0 saturated carbocycles. The molecular weight excluding hydrogens is 296 g/mol. The van der Waals surface area contributed by atoms with Crippen molar-refractivity contribution in [2.45, 2.75) is 23.6 Å². The van der Waals surface area contributed by atoms with Gasteiger partial charge in [0.2, 0.25) is 10.0 Å². The van der Waals surface area contributed by atoms with Crippen LogP contribution < -0.4 is 5.73 Å². The molecular formula is C9H16N2O6S2. The zero-order chi connectivity index (χ0) is 14.5. The van der Waals surface area contributed by atoms with E-state index in [-0.39, 0.29) is 31.7 Å². The van der Waals surface area contributed by atoms with Gasteiger partial charge in [-0.2, -0.15) is 4.31 Å². The molecule has 0 amide bonds. The largest absolute Gasteiger partial charge is 0.480 e. The summed E-state index contributed by atoms with van der Waals surface area (Å²) in [6.07, 6.45) is 0.0901. The molecule has 0 spiro atoms. The summed E-state index contributed by atoms with van der Waals surface area (Å²) in [4.78, 5) is 11.0. The van der Waals surface area contributed by atoms with Crippen LogP contribution in [-0.4, -0.2) is 67.6 Å². The van der Waals surface area contributed by atoms with Crippen molar-refractivity contribution in [3.8, 4) is 0 Å². The Labute approximate surface area is 111 Å². The third-order valence-corrected chi connectivity index (χ3v) is 7.92. The SMILES string of the molecule is NC1(C(=O)O)CCN(S(=O)(=O)C2CCS(=O)(=O)C2)C1. The van der Waals surface area contributed by atoms with Gasteiger partial charge in [0.1, 0.15) is 5.54 Å². The maximum Gasteiger partial charge on any atom is 0.325 e. The monoisotopic (exact) mass is 312 g/mol. The number of nitrogens with two attached hydrogens (primary N) is 1. The number of sulfone groups is 1. The normalized spacial score (nSPS) is 35.5. The van der Waals surface area contributed by atoms with E-state index in [4.69, 9.17) is 10.8 Å². The Bertz CT molecular complexity index is 598. The molecule has 0 aromatic rings. The summed E-state index contributed by atoms with van der Waals surface area (Å²) in [5.41, 5.74) is 4.04. The lowest BCUT2D eigenvalue weighted by Gasteiger charge is -2.22. The standard InChI is InChI=1S/C9H16N2O6S2/c10-9(8(12)13)2-3-11(6-9)19(16,17)7-1-4-18(14,15)5-7/h7H,1-6,10H2,(H,12,13). The second kappa shape index (κ2) is 4.40. The molecule has 2 unspecified atom stereocenters. The molecule has 0 aromatic carbocycles. The average molecular weight is 312 g/mol. The highest BCUT2D eigenvalue weighted by atomic mass is 32.2. The Morgan fingerprint density at radius 2 is 2.05 bits per heavy atom. The second-order valence-corrected chi connectivity index (χ2v) is 9.56. The fourth-order valence-electron chi connectivity index (χ4n) is 2.40. The minimum Gasteiger partial charge on any atom is -0.480 e. The lowest BCUT2D eigenvalue weighted by atomic mass is 10.0. The smallest absolute Gasteiger partial charge is 0.325 e. The molecule has 10 heteroatoms. The van der Waals surface area contributed by atoms with Crippen molar-refractivity contribution in [2.75, 3.05) is 24.6 Å². The second-order valence-electron chi connectivity index (χ2n) is 5.11. The van der Waals surface area contributed by atoms with Crippen LogP contribution in [0.5, 0.6) is 0 Å². The third kappa shape index (κ3) is 2.62. The minimum atomic E-state index is -3.80. The lowest BCUT2D eigenvalue weighted by Crippen LogP contribution is -2.51. The summed E-state index contributed by atoms with van der Waals surface area (Å²) in [6, 6.07) is 0. The summed E-state index contributed by atoms with van der Waals surface area (Å²) in [6.45, 7) is -0.289. The zero-order valence-corrected chi connectivity index (χ0v) is 11.8. The molecule has 2 heterocycles. The van der Waals surface area contributed by atoms with Gasteiger partial charge >= 0.3 is 5.97 Å². The number of hydrogen-bond donors (Lipinski definition) is 2. The molecule has 19 heavy (non-hydrogen) atoms. The van der Waals surface area contributed by atoms with Gasteiger partial charge in [-0.1, -0.05) is 0 Å². The molecule has 2 aliphatic rings. The van der Waals surface area contributed by atoms with Gasteiger partial charge in [-0.25, -0.2) is 16.8 Å². The van der Waals surface area contributed by atoms with E-state index in [1.165, 1.54) is 0 Å². The molecule has 3 N–H and O–H groups in total. The van der Waals surface area contributed by atoms with Crippen LogP contribution in [0.15, 0.2) is 0 Å².